The summed E-state index contributed by atoms with van der Waals surface area (Å²) in [6.45, 7) is 5.30. The van der Waals surface area contributed by atoms with Crippen molar-refractivity contribution in [3.63, 3.8) is 0 Å². The number of ether oxygens (including phenoxy) is 2. The Bertz CT molecular complexity index is 424. The molecule has 2 rings (SSSR count). The lowest BCUT2D eigenvalue weighted by Crippen LogP contribution is -2.45. The molecule has 0 saturated heterocycles. The highest BCUT2D eigenvalue weighted by molar-refractivity contribution is 5.45. The van der Waals surface area contributed by atoms with Crippen molar-refractivity contribution < 1.29 is 9.47 Å². The third kappa shape index (κ3) is 2.60. The van der Waals surface area contributed by atoms with Crippen LogP contribution in [0.15, 0.2) is 18.2 Å². The van der Waals surface area contributed by atoms with E-state index in [-0.39, 0.29) is 11.6 Å². The van der Waals surface area contributed by atoms with Crippen molar-refractivity contribution in [1.29, 1.82) is 0 Å². The van der Waals surface area contributed by atoms with Crippen LogP contribution in [0, 0.1) is 0 Å². The van der Waals surface area contributed by atoms with E-state index >= 15 is 0 Å². The van der Waals surface area contributed by atoms with E-state index in [0.717, 1.165) is 17.1 Å². The second-order valence-electron chi connectivity index (χ2n) is 5.59. The van der Waals surface area contributed by atoms with E-state index in [1.165, 1.54) is 0 Å². The van der Waals surface area contributed by atoms with Crippen LogP contribution in [0.4, 0.5) is 0 Å². The number of hydrogen-bond acceptors (Lipinski definition) is 4. The highest BCUT2D eigenvalue weighted by atomic mass is 16.6. The van der Waals surface area contributed by atoms with Gasteiger partial charge in [-0.05, 0) is 45.6 Å². The van der Waals surface area contributed by atoms with Gasteiger partial charge < -0.3 is 20.1 Å². The second kappa shape index (κ2) is 4.78. The number of hydrogen-bond donors (Lipinski definition) is 1. The predicted molar refractivity (Wildman–Crippen MR) is 72.1 cm³/mol. The van der Waals surface area contributed by atoms with Gasteiger partial charge >= 0.3 is 0 Å². The van der Waals surface area contributed by atoms with Crippen molar-refractivity contribution >= 4 is 0 Å². The molecule has 1 unspecified atom stereocenters. The summed E-state index contributed by atoms with van der Waals surface area (Å²) in [5.74, 6) is 1.63. The SMILES string of the molecule is CN(C)C(c1ccc2c(c1)OCCO2)C(C)(C)N. The highest BCUT2D eigenvalue weighted by Gasteiger charge is 2.29. The third-order valence-corrected chi connectivity index (χ3v) is 3.10. The maximum absolute atomic E-state index is 6.28. The zero-order chi connectivity index (χ0) is 13.3. The molecule has 4 heteroatoms. The van der Waals surface area contributed by atoms with Gasteiger partial charge in [0, 0.05) is 5.54 Å². The average molecular weight is 250 g/mol. The molecule has 0 saturated carbocycles. The summed E-state index contributed by atoms with van der Waals surface area (Å²) in [4.78, 5) is 2.13. The van der Waals surface area contributed by atoms with Crippen molar-refractivity contribution in [3.8, 4) is 11.5 Å². The zero-order valence-electron chi connectivity index (χ0n) is 11.6. The summed E-state index contributed by atoms with van der Waals surface area (Å²) in [7, 11) is 4.08. The van der Waals surface area contributed by atoms with Crippen LogP contribution in [0.2, 0.25) is 0 Å². The quantitative estimate of drug-likeness (QED) is 0.888. The minimum atomic E-state index is -0.326. The maximum atomic E-state index is 6.28. The molecule has 4 nitrogen and oxygen atoms in total. The molecule has 1 aliphatic rings. The van der Waals surface area contributed by atoms with E-state index in [9.17, 15) is 0 Å². The number of nitrogens with zero attached hydrogens (tertiary/aromatic N) is 1. The molecule has 2 N–H and O–H groups in total. The van der Waals surface area contributed by atoms with Gasteiger partial charge in [-0.25, -0.2) is 0 Å². The van der Waals surface area contributed by atoms with Gasteiger partial charge in [0.05, 0.1) is 6.04 Å². The van der Waals surface area contributed by atoms with Gasteiger partial charge in [0.2, 0.25) is 0 Å². The van der Waals surface area contributed by atoms with Gasteiger partial charge in [-0.2, -0.15) is 0 Å². The molecule has 0 bridgehead atoms. The minimum absolute atomic E-state index is 0.133. The molecule has 0 amide bonds. The van der Waals surface area contributed by atoms with Crippen molar-refractivity contribution in [1.82, 2.24) is 4.90 Å². The number of fused-ring (bicyclic) bond motifs is 1. The molecular formula is C14H22N2O2. The Labute approximate surface area is 109 Å². The molecule has 100 valence electrons. The lowest BCUT2D eigenvalue weighted by molar-refractivity contribution is 0.169. The largest absolute Gasteiger partial charge is 0.486 e. The minimum Gasteiger partial charge on any atom is -0.486 e. The summed E-state index contributed by atoms with van der Waals surface area (Å²) < 4.78 is 11.2. The fourth-order valence-electron chi connectivity index (χ4n) is 2.62. The van der Waals surface area contributed by atoms with E-state index in [0.29, 0.717) is 13.2 Å². The predicted octanol–water partition coefficient (Wildman–Crippen LogP) is 1.80. The fourth-order valence-corrected chi connectivity index (χ4v) is 2.62. The molecule has 1 aliphatic heterocycles. The van der Waals surface area contributed by atoms with Crippen LogP contribution in [-0.2, 0) is 0 Å². The van der Waals surface area contributed by atoms with Crippen LogP contribution in [0.1, 0.15) is 25.5 Å². The Kier molecular flexibility index (Phi) is 3.50. The van der Waals surface area contributed by atoms with Crippen LogP contribution >= 0.6 is 0 Å². The van der Waals surface area contributed by atoms with E-state index in [2.05, 4.69) is 11.0 Å². The maximum Gasteiger partial charge on any atom is 0.161 e. The van der Waals surface area contributed by atoms with Gasteiger partial charge in [0.25, 0.3) is 0 Å². The van der Waals surface area contributed by atoms with E-state index in [4.69, 9.17) is 15.2 Å². The molecule has 0 fully saturated rings. The van der Waals surface area contributed by atoms with Crippen LogP contribution < -0.4 is 15.2 Å². The Balaban J connectivity index is 2.37. The molecule has 0 aliphatic carbocycles. The van der Waals surface area contributed by atoms with Crippen LogP contribution in [0.5, 0.6) is 11.5 Å². The molecule has 0 aromatic heterocycles. The highest BCUT2D eigenvalue weighted by Crippen LogP contribution is 2.36. The van der Waals surface area contributed by atoms with Gasteiger partial charge in [0.15, 0.2) is 11.5 Å². The Morgan fingerprint density at radius 1 is 1.17 bits per heavy atom. The Hall–Kier alpha value is -1.26. The van der Waals surface area contributed by atoms with Gasteiger partial charge in [-0.15, -0.1) is 0 Å². The standard InChI is InChI=1S/C14H22N2O2/c1-14(2,15)13(16(3)4)10-5-6-11-12(9-10)18-8-7-17-11/h5-6,9,13H,7-8,15H2,1-4H3. The molecule has 18 heavy (non-hydrogen) atoms. The van der Waals surface area contributed by atoms with Crippen molar-refractivity contribution in [2.24, 2.45) is 5.73 Å². The molecule has 0 radical (unpaired) electrons. The molecule has 1 atom stereocenters. The Morgan fingerprint density at radius 2 is 1.78 bits per heavy atom. The van der Waals surface area contributed by atoms with Crippen LogP contribution in [0.25, 0.3) is 0 Å². The smallest absolute Gasteiger partial charge is 0.161 e. The molecule has 1 heterocycles. The monoisotopic (exact) mass is 250 g/mol. The summed E-state index contributed by atoms with van der Waals surface area (Å²) >= 11 is 0. The lowest BCUT2D eigenvalue weighted by atomic mass is 9.88. The molecule has 1 aromatic rings. The van der Waals surface area contributed by atoms with Gasteiger partial charge in [-0.1, -0.05) is 6.07 Å². The van der Waals surface area contributed by atoms with E-state index in [1.807, 2.05) is 40.1 Å². The van der Waals surface area contributed by atoms with Crippen molar-refractivity contribution in [2.45, 2.75) is 25.4 Å². The number of benzene rings is 1. The number of likely N-dealkylation sites (N-methyl/N-ethyl adjacent to an activating group) is 1. The first kappa shape index (κ1) is 13.2. The molecule has 0 spiro atoms. The normalized spacial score (nSPS) is 16.8. The zero-order valence-corrected chi connectivity index (χ0v) is 11.6. The lowest BCUT2D eigenvalue weighted by Gasteiger charge is -2.36. The van der Waals surface area contributed by atoms with E-state index < -0.39 is 0 Å². The van der Waals surface area contributed by atoms with Crippen LogP contribution in [-0.4, -0.2) is 37.7 Å². The van der Waals surface area contributed by atoms with E-state index in [1.54, 1.807) is 0 Å². The number of rotatable bonds is 3. The summed E-state index contributed by atoms with van der Waals surface area (Å²) in [6, 6.07) is 6.19. The fraction of sp³-hybridized carbons (Fsp3) is 0.571. The Morgan fingerprint density at radius 3 is 2.33 bits per heavy atom. The molecular weight excluding hydrogens is 228 g/mol. The second-order valence-corrected chi connectivity index (χ2v) is 5.59. The number of nitrogens with two attached hydrogens (primary N) is 1. The first-order valence-electron chi connectivity index (χ1n) is 6.24. The molecule has 1 aromatic carbocycles. The first-order chi connectivity index (χ1) is 8.39. The topological polar surface area (TPSA) is 47.7 Å². The van der Waals surface area contributed by atoms with Crippen molar-refractivity contribution in [2.75, 3.05) is 27.3 Å². The van der Waals surface area contributed by atoms with Crippen molar-refractivity contribution in [3.05, 3.63) is 23.8 Å². The summed E-state index contributed by atoms with van der Waals surface area (Å²) in [5, 5.41) is 0. The van der Waals surface area contributed by atoms with Gasteiger partial charge in [0.1, 0.15) is 13.2 Å². The summed E-state index contributed by atoms with van der Waals surface area (Å²) in [6.07, 6.45) is 0. The third-order valence-electron chi connectivity index (χ3n) is 3.10. The van der Waals surface area contributed by atoms with Gasteiger partial charge in [-0.3, -0.25) is 0 Å². The first-order valence-corrected chi connectivity index (χ1v) is 6.24. The average Bonchev–Trinajstić information content (AvgIpc) is 2.26. The van der Waals surface area contributed by atoms with Crippen LogP contribution in [0.3, 0.4) is 0 Å². The summed E-state index contributed by atoms with van der Waals surface area (Å²) in [5.41, 5.74) is 7.10.